The summed E-state index contributed by atoms with van der Waals surface area (Å²) >= 11 is 0. The van der Waals surface area contributed by atoms with Crippen molar-refractivity contribution in [1.29, 1.82) is 0 Å². The molecule has 0 atom stereocenters. The molecule has 0 saturated heterocycles. The fourth-order valence-corrected chi connectivity index (χ4v) is 5.99. The van der Waals surface area contributed by atoms with Gasteiger partial charge < -0.3 is 5.11 Å². The van der Waals surface area contributed by atoms with E-state index in [1.54, 1.807) is 6.07 Å². The first-order valence-electron chi connectivity index (χ1n) is 15.0. The number of aromatic hydroxyl groups is 1. The fourth-order valence-electron chi connectivity index (χ4n) is 5.99. The molecular formula is C40H34N3OPt-. The van der Waals surface area contributed by atoms with Crippen LogP contribution in [-0.4, -0.2) is 19.6 Å². The number of phenols is 1. The quantitative estimate of drug-likeness (QED) is 0.182. The van der Waals surface area contributed by atoms with Crippen molar-refractivity contribution in [2.45, 2.75) is 40.0 Å². The van der Waals surface area contributed by atoms with E-state index in [1.165, 1.54) is 11.1 Å². The number of hydrogen-bond donors (Lipinski definition) is 1. The minimum atomic E-state index is 0. The number of phenolic OH excluding ortho intramolecular Hbond substituents is 1. The predicted octanol–water partition coefficient (Wildman–Crippen LogP) is 9.99. The van der Waals surface area contributed by atoms with Crippen molar-refractivity contribution in [3.8, 4) is 45.1 Å². The number of imidazole rings is 1. The molecule has 4 nitrogen and oxygen atoms in total. The molecule has 0 amide bonds. The molecule has 0 aliphatic rings. The summed E-state index contributed by atoms with van der Waals surface area (Å²) in [7, 11) is 0. The summed E-state index contributed by atoms with van der Waals surface area (Å²) in [5, 5.41) is 12.1. The van der Waals surface area contributed by atoms with Crippen LogP contribution >= 0.6 is 0 Å². The average Bonchev–Trinajstić information content (AvgIpc) is 3.41. The Kier molecular flexibility index (Phi) is 7.97. The molecule has 2 aromatic heterocycles. The normalized spacial score (nSPS) is 11.6. The van der Waals surface area contributed by atoms with Crippen molar-refractivity contribution >= 4 is 21.9 Å². The second kappa shape index (κ2) is 11.8. The van der Waals surface area contributed by atoms with E-state index in [0.717, 1.165) is 55.4 Å². The van der Waals surface area contributed by atoms with Gasteiger partial charge in [0.15, 0.2) is 0 Å². The molecule has 5 heteroatoms. The first kappa shape index (κ1) is 30.5. The summed E-state index contributed by atoms with van der Waals surface area (Å²) in [5.74, 6) is 0.883. The zero-order chi connectivity index (χ0) is 30.6. The van der Waals surface area contributed by atoms with E-state index in [2.05, 4.69) is 124 Å². The molecule has 7 rings (SSSR count). The number of fused-ring (bicyclic) bond motifs is 2. The Hall–Kier alpha value is -4.53. The fraction of sp³-hybridized carbons (Fsp3) is 0.150. The summed E-state index contributed by atoms with van der Waals surface area (Å²) < 4.78 is 2.14. The largest absolute Gasteiger partial charge is 0.507 e. The maximum atomic E-state index is 10.9. The van der Waals surface area contributed by atoms with Crippen LogP contribution in [0.5, 0.6) is 5.75 Å². The standard InChI is InChI=1S/C40H34N3O.Pt/c1-25-22-34-26(2)16-21-32(37(34)41-24-25)28-11-8-10-27(23-28)31-13-9-14-35-38(31)42-39(33-12-6-7-15-36(33)44)43(35)30-19-17-29(18-20-30)40(3,4)5;/h6-22,24,44H,1-5H3;/q-1;. The van der Waals surface area contributed by atoms with Crippen LogP contribution in [0.15, 0.2) is 109 Å². The third kappa shape index (κ3) is 5.49. The van der Waals surface area contributed by atoms with E-state index in [0.29, 0.717) is 11.4 Å². The van der Waals surface area contributed by atoms with Crippen molar-refractivity contribution in [2.24, 2.45) is 0 Å². The van der Waals surface area contributed by atoms with Crippen LogP contribution in [0.3, 0.4) is 0 Å². The number of rotatable bonds is 4. The molecule has 2 heterocycles. The smallest absolute Gasteiger partial charge is 0.148 e. The summed E-state index contributed by atoms with van der Waals surface area (Å²) in [6.45, 7) is 10.9. The maximum Gasteiger partial charge on any atom is 0.148 e. The van der Waals surface area contributed by atoms with Gasteiger partial charge in [0.2, 0.25) is 0 Å². The number of hydrogen-bond acceptors (Lipinski definition) is 3. The van der Waals surface area contributed by atoms with Crippen LogP contribution in [0.25, 0.3) is 61.3 Å². The molecule has 226 valence electrons. The minimum Gasteiger partial charge on any atom is -0.507 e. The molecule has 5 aromatic carbocycles. The van der Waals surface area contributed by atoms with E-state index in [9.17, 15) is 5.11 Å². The Labute approximate surface area is 278 Å². The number of benzene rings is 5. The molecule has 45 heavy (non-hydrogen) atoms. The van der Waals surface area contributed by atoms with Gasteiger partial charge in [0, 0.05) is 38.5 Å². The van der Waals surface area contributed by atoms with Gasteiger partial charge in [-0.15, -0.1) is 35.4 Å². The summed E-state index contributed by atoms with van der Waals surface area (Å²) in [6, 6.07) is 38.8. The molecule has 0 spiro atoms. The molecule has 7 aromatic rings. The van der Waals surface area contributed by atoms with E-state index in [1.807, 2.05) is 24.4 Å². The molecular weight excluding hydrogens is 734 g/mol. The Morgan fingerprint density at radius 3 is 2.09 bits per heavy atom. The topological polar surface area (TPSA) is 50.9 Å². The second-order valence-electron chi connectivity index (χ2n) is 12.6. The Morgan fingerprint density at radius 2 is 1.38 bits per heavy atom. The third-order valence-corrected chi connectivity index (χ3v) is 8.40. The van der Waals surface area contributed by atoms with Gasteiger partial charge in [-0.3, -0.25) is 9.55 Å². The van der Waals surface area contributed by atoms with Crippen LogP contribution in [0.4, 0.5) is 0 Å². The van der Waals surface area contributed by atoms with Gasteiger partial charge in [0.25, 0.3) is 0 Å². The summed E-state index contributed by atoms with van der Waals surface area (Å²) in [6.07, 6.45) is 1.93. The van der Waals surface area contributed by atoms with Gasteiger partial charge in [0.1, 0.15) is 11.6 Å². The first-order valence-corrected chi connectivity index (χ1v) is 15.0. The molecule has 0 fully saturated rings. The van der Waals surface area contributed by atoms with Gasteiger partial charge in [0.05, 0.1) is 16.6 Å². The average molecular weight is 768 g/mol. The van der Waals surface area contributed by atoms with Crippen molar-refractivity contribution in [1.82, 2.24) is 14.5 Å². The molecule has 0 aliphatic heterocycles. The monoisotopic (exact) mass is 767 g/mol. The number of aromatic nitrogens is 3. The Morgan fingerprint density at radius 1 is 0.711 bits per heavy atom. The maximum absolute atomic E-state index is 10.9. The van der Waals surface area contributed by atoms with Gasteiger partial charge in [-0.05, 0) is 77.7 Å². The SMILES string of the molecule is Cc1cnc2c(-c3[c-]c(-c4cccc5c4nc(-c4ccccc4O)n5-c4ccc(C(C)(C)C)cc4)ccc3)ccc(C)c2c1.[Pt]. The molecule has 0 bridgehead atoms. The summed E-state index contributed by atoms with van der Waals surface area (Å²) in [4.78, 5) is 10.0. The number of nitrogens with zero attached hydrogens (tertiary/aromatic N) is 3. The Balaban J connectivity index is 0.00000357. The number of para-hydroxylation sites is 2. The summed E-state index contributed by atoms with van der Waals surface area (Å²) in [5.41, 5.74) is 12.1. The second-order valence-corrected chi connectivity index (χ2v) is 12.6. The zero-order valence-electron chi connectivity index (χ0n) is 26.0. The number of aryl methyl sites for hydroxylation is 2. The molecule has 0 unspecified atom stereocenters. The van der Waals surface area contributed by atoms with Crippen LogP contribution < -0.4 is 0 Å². The van der Waals surface area contributed by atoms with E-state index >= 15 is 0 Å². The van der Waals surface area contributed by atoms with Crippen molar-refractivity contribution < 1.29 is 26.2 Å². The van der Waals surface area contributed by atoms with Crippen LogP contribution in [-0.2, 0) is 26.5 Å². The van der Waals surface area contributed by atoms with Crippen LogP contribution in [0, 0.1) is 19.9 Å². The van der Waals surface area contributed by atoms with Gasteiger partial charge in [-0.25, -0.2) is 4.98 Å². The third-order valence-electron chi connectivity index (χ3n) is 8.40. The van der Waals surface area contributed by atoms with Gasteiger partial charge in [-0.2, -0.15) is 0 Å². The molecule has 0 radical (unpaired) electrons. The number of pyridine rings is 1. The predicted molar refractivity (Wildman–Crippen MR) is 181 cm³/mol. The minimum absolute atomic E-state index is 0. The van der Waals surface area contributed by atoms with Crippen molar-refractivity contribution in [3.05, 3.63) is 132 Å². The molecule has 1 N–H and O–H groups in total. The van der Waals surface area contributed by atoms with Gasteiger partial charge >= 0.3 is 0 Å². The van der Waals surface area contributed by atoms with Crippen LogP contribution in [0.1, 0.15) is 37.5 Å². The van der Waals surface area contributed by atoms with Crippen LogP contribution in [0.2, 0.25) is 0 Å². The first-order chi connectivity index (χ1) is 21.2. The van der Waals surface area contributed by atoms with E-state index in [4.69, 9.17) is 9.97 Å². The Bertz CT molecular complexity index is 2190. The van der Waals surface area contributed by atoms with E-state index < -0.39 is 0 Å². The van der Waals surface area contributed by atoms with Gasteiger partial charge in [-0.1, -0.05) is 80.4 Å². The van der Waals surface area contributed by atoms with E-state index in [-0.39, 0.29) is 32.2 Å². The van der Waals surface area contributed by atoms with Crippen molar-refractivity contribution in [3.63, 3.8) is 0 Å². The van der Waals surface area contributed by atoms with Crippen molar-refractivity contribution in [2.75, 3.05) is 0 Å². The molecule has 0 aliphatic carbocycles. The zero-order valence-corrected chi connectivity index (χ0v) is 28.3. The molecule has 0 saturated carbocycles.